The molecule has 0 aromatic rings. The normalized spacial score (nSPS) is 20.4. The van der Waals surface area contributed by atoms with E-state index < -0.39 is 5.54 Å². The van der Waals surface area contributed by atoms with Gasteiger partial charge in [0.15, 0.2) is 0 Å². The lowest BCUT2D eigenvalue weighted by molar-refractivity contribution is -0.124. The molecule has 0 spiro atoms. The van der Waals surface area contributed by atoms with Crippen LogP contribution in [-0.4, -0.2) is 28.0 Å². The van der Waals surface area contributed by atoms with Crippen LogP contribution in [0, 0.1) is 5.92 Å². The summed E-state index contributed by atoms with van der Waals surface area (Å²) >= 11 is 1.82. The molecule has 4 heteroatoms. The van der Waals surface area contributed by atoms with Crippen LogP contribution in [0.25, 0.3) is 0 Å². The Labute approximate surface area is 109 Å². The van der Waals surface area contributed by atoms with Crippen molar-refractivity contribution >= 4 is 17.7 Å². The molecule has 1 aliphatic carbocycles. The zero-order valence-electron chi connectivity index (χ0n) is 11.7. The van der Waals surface area contributed by atoms with Crippen molar-refractivity contribution < 1.29 is 4.79 Å². The Hall–Kier alpha value is -0.220. The van der Waals surface area contributed by atoms with Gasteiger partial charge in [-0.2, -0.15) is 11.8 Å². The number of carbonyl (C=O) groups excluding carboxylic acids is 1. The third-order valence-corrected chi connectivity index (χ3v) is 4.46. The summed E-state index contributed by atoms with van der Waals surface area (Å²) in [7, 11) is 0. The standard InChI is InChI=1S/C13H26N2OS/c1-9(2)15-13(11(14)16,10-6-7-10)8-17-12(3,4)5/h9-10,15H,6-8H2,1-5H3,(H2,14,16). The first-order valence-corrected chi connectivity index (χ1v) is 7.37. The number of nitrogens with two attached hydrogens (primary N) is 1. The Bertz CT molecular complexity index is 282. The van der Waals surface area contributed by atoms with Gasteiger partial charge in [-0.05, 0) is 32.6 Å². The minimum Gasteiger partial charge on any atom is -0.368 e. The summed E-state index contributed by atoms with van der Waals surface area (Å²) in [4.78, 5) is 11.9. The van der Waals surface area contributed by atoms with Crippen molar-refractivity contribution in [1.29, 1.82) is 0 Å². The average Bonchev–Trinajstić information content (AvgIpc) is 2.92. The molecule has 1 atom stereocenters. The molecule has 17 heavy (non-hydrogen) atoms. The van der Waals surface area contributed by atoms with Gasteiger partial charge in [-0.3, -0.25) is 4.79 Å². The highest BCUT2D eigenvalue weighted by Crippen LogP contribution is 2.43. The van der Waals surface area contributed by atoms with Gasteiger partial charge >= 0.3 is 0 Å². The van der Waals surface area contributed by atoms with Gasteiger partial charge in [-0.15, -0.1) is 0 Å². The smallest absolute Gasteiger partial charge is 0.238 e. The molecular weight excluding hydrogens is 232 g/mol. The molecule has 0 aromatic heterocycles. The van der Waals surface area contributed by atoms with Gasteiger partial charge in [0.2, 0.25) is 5.91 Å². The first-order chi connectivity index (χ1) is 7.67. The number of rotatable bonds is 6. The Kier molecular flexibility index (Phi) is 4.53. The second kappa shape index (κ2) is 5.19. The first kappa shape index (κ1) is 14.8. The molecule has 3 N–H and O–H groups in total. The van der Waals surface area contributed by atoms with Crippen molar-refractivity contribution in [3.05, 3.63) is 0 Å². The van der Waals surface area contributed by atoms with Crippen molar-refractivity contribution in [2.45, 2.75) is 63.8 Å². The maximum absolute atomic E-state index is 11.9. The molecular formula is C13H26N2OS. The van der Waals surface area contributed by atoms with Crippen LogP contribution in [0.1, 0.15) is 47.5 Å². The zero-order chi connectivity index (χ0) is 13.3. The molecule has 1 amide bonds. The van der Waals surface area contributed by atoms with Crippen LogP contribution >= 0.6 is 11.8 Å². The van der Waals surface area contributed by atoms with E-state index in [2.05, 4.69) is 39.9 Å². The van der Waals surface area contributed by atoms with Crippen molar-refractivity contribution in [2.75, 3.05) is 5.75 Å². The molecule has 0 radical (unpaired) electrons. The van der Waals surface area contributed by atoms with E-state index >= 15 is 0 Å². The third kappa shape index (κ3) is 4.18. The minimum atomic E-state index is -0.508. The number of thioether (sulfide) groups is 1. The molecule has 1 unspecified atom stereocenters. The van der Waals surface area contributed by atoms with Crippen LogP contribution in [0.3, 0.4) is 0 Å². The Morgan fingerprint density at radius 1 is 1.41 bits per heavy atom. The van der Waals surface area contributed by atoms with Crippen molar-refractivity contribution in [3.8, 4) is 0 Å². The van der Waals surface area contributed by atoms with Crippen LogP contribution < -0.4 is 11.1 Å². The molecule has 0 heterocycles. The van der Waals surface area contributed by atoms with E-state index in [0.717, 1.165) is 18.6 Å². The van der Waals surface area contributed by atoms with E-state index in [1.54, 1.807) is 0 Å². The SMILES string of the molecule is CC(C)NC(CSC(C)(C)C)(C(N)=O)C1CC1. The van der Waals surface area contributed by atoms with Gasteiger partial charge in [-0.25, -0.2) is 0 Å². The predicted molar refractivity (Wildman–Crippen MR) is 75.1 cm³/mol. The Morgan fingerprint density at radius 2 is 1.94 bits per heavy atom. The molecule has 1 aliphatic rings. The topological polar surface area (TPSA) is 55.1 Å². The van der Waals surface area contributed by atoms with Gasteiger partial charge in [-0.1, -0.05) is 20.8 Å². The molecule has 0 saturated heterocycles. The third-order valence-electron chi connectivity index (χ3n) is 2.99. The number of primary amides is 1. The first-order valence-electron chi connectivity index (χ1n) is 6.39. The van der Waals surface area contributed by atoms with Gasteiger partial charge < -0.3 is 11.1 Å². The van der Waals surface area contributed by atoms with E-state index in [-0.39, 0.29) is 16.7 Å². The minimum absolute atomic E-state index is 0.161. The van der Waals surface area contributed by atoms with Gasteiger partial charge in [0.1, 0.15) is 5.54 Å². The number of hydrogen-bond donors (Lipinski definition) is 2. The second-order valence-corrected chi connectivity index (χ2v) is 8.11. The molecule has 1 rings (SSSR count). The summed E-state index contributed by atoms with van der Waals surface area (Å²) in [6.07, 6.45) is 2.24. The summed E-state index contributed by atoms with van der Waals surface area (Å²) in [5, 5.41) is 3.43. The van der Waals surface area contributed by atoms with Gasteiger partial charge in [0.25, 0.3) is 0 Å². The van der Waals surface area contributed by atoms with Crippen LogP contribution in [0.5, 0.6) is 0 Å². The quantitative estimate of drug-likeness (QED) is 0.767. The molecule has 0 aromatic carbocycles. The van der Waals surface area contributed by atoms with Crippen LogP contribution in [0.4, 0.5) is 0 Å². The number of hydrogen-bond acceptors (Lipinski definition) is 3. The van der Waals surface area contributed by atoms with Crippen LogP contribution in [0.2, 0.25) is 0 Å². The van der Waals surface area contributed by atoms with E-state index in [4.69, 9.17) is 5.73 Å². The summed E-state index contributed by atoms with van der Waals surface area (Å²) in [5.74, 6) is 1.01. The molecule has 1 fully saturated rings. The fourth-order valence-corrected chi connectivity index (χ4v) is 3.16. The fraction of sp³-hybridized carbons (Fsp3) is 0.923. The van der Waals surface area contributed by atoms with Crippen LogP contribution in [0.15, 0.2) is 0 Å². The van der Waals surface area contributed by atoms with Crippen molar-refractivity contribution in [2.24, 2.45) is 11.7 Å². The average molecular weight is 258 g/mol. The van der Waals surface area contributed by atoms with Crippen molar-refractivity contribution in [3.63, 3.8) is 0 Å². The molecule has 3 nitrogen and oxygen atoms in total. The highest BCUT2D eigenvalue weighted by atomic mass is 32.2. The van der Waals surface area contributed by atoms with E-state index in [1.165, 1.54) is 0 Å². The maximum Gasteiger partial charge on any atom is 0.238 e. The summed E-state index contributed by atoms with van der Waals surface area (Å²) in [6, 6.07) is 0.281. The number of nitrogens with one attached hydrogen (secondary N) is 1. The highest BCUT2D eigenvalue weighted by molar-refractivity contribution is 8.00. The van der Waals surface area contributed by atoms with E-state index in [0.29, 0.717) is 5.92 Å². The van der Waals surface area contributed by atoms with E-state index in [1.807, 2.05) is 11.8 Å². The van der Waals surface area contributed by atoms with Gasteiger partial charge in [0.05, 0.1) is 0 Å². The zero-order valence-corrected chi connectivity index (χ0v) is 12.5. The van der Waals surface area contributed by atoms with E-state index in [9.17, 15) is 4.79 Å². The van der Waals surface area contributed by atoms with Crippen LogP contribution in [-0.2, 0) is 4.79 Å². The molecule has 0 aliphatic heterocycles. The predicted octanol–water partition coefficient (Wildman–Crippen LogP) is 2.15. The fourth-order valence-electron chi connectivity index (χ4n) is 2.04. The number of amides is 1. The van der Waals surface area contributed by atoms with Crippen molar-refractivity contribution in [1.82, 2.24) is 5.32 Å². The lowest BCUT2D eigenvalue weighted by atomic mass is 9.93. The lowest BCUT2D eigenvalue weighted by Crippen LogP contribution is -2.61. The maximum atomic E-state index is 11.9. The number of carbonyl (C=O) groups is 1. The molecule has 1 saturated carbocycles. The van der Waals surface area contributed by atoms with Gasteiger partial charge in [0, 0.05) is 16.5 Å². The Balaban J connectivity index is 2.79. The Morgan fingerprint density at radius 3 is 2.24 bits per heavy atom. The molecule has 100 valence electrons. The lowest BCUT2D eigenvalue weighted by Gasteiger charge is -2.36. The highest BCUT2D eigenvalue weighted by Gasteiger charge is 2.50. The summed E-state index contributed by atoms with van der Waals surface area (Å²) in [6.45, 7) is 10.7. The molecule has 0 bridgehead atoms. The monoisotopic (exact) mass is 258 g/mol. The summed E-state index contributed by atoms with van der Waals surface area (Å²) in [5.41, 5.74) is 5.17. The summed E-state index contributed by atoms with van der Waals surface area (Å²) < 4.78 is 0.161. The largest absolute Gasteiger partial charge is 0.368 e. The second-order valence-electron chi connectivity index (χ2n) is 6.31.